The van der Waals surface area contributed by atoms with Gasteiger partial charge in [0.05, 0.1) is 18.1 Å². The van der Waals surface area contributed by atoms with Gasteiger partial charge in [-0.3, -0.25) is 0 Å². The first-order valence-electron chi connectivity index (χ1n) is 9.88. The zero-order valence-electron chi connectivity index (χ0n) is 15.3. The molecule has 0 atom stereocenters. The van der Waals surface area contributed by atoms with Crippen LogP contribution in [0, 0.1) is 11.8 Å². The Morgan fingerprint density at radius 3 is 1.92 bits per heavy atom. The van der Waals surface area contributed by atoms with Gasteiger partial charge in [0.15, 0.2) is 0 Å². The number of ether oxygens (including phenoxy) is 2. The van der Waals surface area contributed by atoms with Crippen LogP contribution in [0.1, 0.15) is 64.2 Å². The number of benzene rings is 1. The lowest BCUT2D eigenvalue weighted by atomic mass is 9.90. The fourth-order valence-corrected chi connectivity index (χ4v) is 4.63. The van der Waals surface area contributed by atoms with Gasteiger partial charge in [0.1, 0.15) is 21.6 Å². The molecule has 0 aromatic heterocycles. The normalized spacial score (nSPS) is 20.0. The predicted molar refractivity (Wildman–Crippen MR) is 98.5 cm³/mol. The Labute approximate surface area is 156 Å². The van der Waals surface area contributed by atoms with Crippen molar-refractivity contribution in [2.24, 2.45) is 11.8 Å². The first-order valence-corrected chi connectivity index (χ1v) is 11.3. The molecule has 2 saturated carbocycles. The summed E-state index contributed by atoms with van der Waals surface area (Å²) < 4.78 is 46.3. The third kappa shape index (κ3) is 5.61. The van der Waals surface area contributed by atoms with E-state index in [-0.39, 0.29) is 10.6 Å². The lowest BCUT2D eigenvalue weighted by molar-refractivity contribution is 0.197. The fourth-order valence-electron chi connectivity index (χ4n) is 4.03. The Morgan fingerprint density at radius 1 is 0.846 bits per heavy atom. The number of hydrogen-bond acceptors (Lipinski definition) is 5. The third-order valence-electron chi connectivity index (χ3n) is 5.59. The molecular formula is C20H29O5S-. The first kappa shape index (κ1) is 19.5. The van der Waals surface area contributed by atoms with E-state index in [2.05, 4.69) is 0 Å². The molecule has 0 amide bonds. The minimum Gasteiger partial charge on any atom is -0.744 e. The van der Waals surface area contributed by atoms with Crippen molar-refractivity contribution in [3.63, 3.8) is 0 Å². The second-order valence-corrected chi connectivity index (χ2v) is 9.04. The van der Waals surface area contributed by atoms with E-state index in [0.29, 0.717) is 30.8 Å². The first-order chi connectivity index (χ1) is 12.5. The monoisotopic (exact) mass is 381 g/mol. The average Bonchev–Trinajstić information content (AvgIpc) is 2.65. The van der Waals surface area contributed by atoms with Crippen molar-refractivity contribution in [1.29, 1.82) is 0 Å². The molecule has 0 heterocycles. The standard InChI is InChI=1S/C20H30O5S/c21-26(22,23)20-12-11-18(24-14-16-7-3-1-4-8-16)13-19(20)25-15-17-9-5-2-6-10-17/h11-13,16-17H,1-10,14-15H2,(H,21,22,23)/p-1. The molecule has 146 valence electrons. The maximum Gasteiger partial charge on any atom is 0.140 e. The number of rotatable bonds is 7. The van der Waals surface area contributed by atoms with Gasteiger partial charge in [-0.15, -0.1) is 0 Å². The van der Waals surface area contributed by atoms with Gasteiger partial charge >= 0.3 is 0 Å². The Balaban J connectivity index is 1.66. The van der Waals surface area contributed by atoms with Crippen molar-refractivity contribution in [3.8, 4) is 11.5 Å². The van der Waals surface area contributed by atoms with Crippen LogP contribution in [0.15, 0.2) is 23.1 Å². The SMILES string of the molecule is O=S(=O)([O-])c1ccc(OCC2CCCCC2)cc1OCC1CCCCC1. The quantitative estimate of drug-likeness (QED) is 0.650. The van der Waals surface area contributed by atoms with E-state index in [1.54, 1.807) is 12.1 Å². The summed E-state index contributed by atoms with van der Waals surface area (Å²) in [5.41, 5.74) is 0. The molecule has 1 aromatic rings. The third-order valence-corrected chi connectivity index (χ3v) is 6.47. The van der Waals surface area contributed by atoms with E-state index in [1.165, 1.54) is 57.4 Å². The van der Waals surface area contributed by atoms with Crippen molar-refractivity contribution >= 4 is 10.1 Å². The Hall–Kier alpha value is -1.27. The molecule has 26 heavy (non-hydrogen) atoms. The van der Waals surface area contributed by atoms with Crippen LogP contribution in [0.25, 0.3) is 0 Å². The van der Waals surface area contributed by atoms with Crippen LogP contribution < -0.4 is 9.47 Å². The summed E-state index contributed by atoms with van der Waals surface area (Å²) in [4.78, 5) is -0.293. The summed E-state index contributed by atoms with van der Waals surface area (Å²) in [5, 5.41) is 0. The van der Waals surface area contributed by atoms with Crippen LogP contribution in [0.3, 0.4) is 0 Å². The molecule has 0 N–H and O–H groups in total. The van der Waals surface area contributed by atoms with Crippen molar-refractivity contribution < 1.29 is 22.4 Å². The summed E-state index contributed by atoms with van der Waals surface area (Å²) >= 11 is 0. The zero-order chi connectivity index (χ0) is 18.4. The van der Waals surface area contributed by atoms with Gasteiger partial charge < -0.3 is 14.0 Å². The minimum atomic E-state index is -4.57. The summed E-state index contributed by atoms with van der Waals surface area (Å²) in [6.07, 6.45) is 12.0. The van der Waals surface area contributed by atoms with Gasteiger partial charge in [-0.25, -0.2) is 8.42 Å². The van der Waals surface area contributed by atoms with Crippen molar-refractivity contribution in [2.75, 3.05) is 13.2 Å². The van der Waals surface area contributed by atoms with Crippen LogP contribution in [0.4, 0.5) is 0 Å². The molecule has 0 unspecified atom stereocenters. The lowest BCUT2D eigenvalue weighted by Gasteiger charge is -2.24. The summed E-state index contributed by atoms with van der Waals surface area (Å²) in [5.74, 6) is 1.68. The largest absolute Gasteiger partial charge is 0.744 e. The molecule has 5 nitrogen and oxygen atoms in total. The second kappa shape index (κ2) is 9.09. The average molecular weight is 382 g/mol. The highest BCUT2D eigenvalue weighted by Gasteiger charge is 2.18. The summed E-state index contributed by atoms with van der Waals surface area (Å²) in [7, 11) is -4.57. The highest BCUT2D eigenvalue weighted by Crippen LogP contribution is 2.32. The van der Waals surface area contributed by atoms with Crippen molar-refractivity contribution in [3.05, 3.63) is 18.2 Å². The van der Waals surface area contributed by atoms with E-state index >= 15 is 0 Å². The molecular weight excluding hydrogens is 352 g/mol. The molecule has 0 bridgehead atoms. The smallest absolute Gasteiger partial charge is 0.140 e. The fraction of sp³-hybridized carbons (Fsp3) is 0.700. The number of hydrogen-bond donors (Lipinski definition) is 0. The molecule has 2 fully saturated rings. The zero-order valence-corrected chi connectivity index (χ0v) is 16.1. The van der Waals surface area contributed by atoms with Gasteiger partial charge in [0, 0.05) is 6.07 Å². The maximum absolute atomic E-state index is 11.5. The maximum atomic E-state index is 11.5. The highest BCUT2D eigenvalue weighted by molar-refractivity contribution is 7.85. The lowest BCUT2D eigenvalue weighted by Crippen LogP contribution is -2.17. The van der Waals surface area contributed by atoms with Gasteiger partial charge in [-0.2, -0.15) is 0 Å². The molecule has 0 radical (unpaired) electrons. The Kier molecular flexibility index (Phi) is 6.81. The van der Waals surface area contributed by atoms with Crippen LogP contribution in [0.5, 0.6) is 11.5 Å². The molecule has 0 aliphatic heterocycles. The minimum absolute atomic E-state index is 0.131. The van der Waals surface area contributed by atoms with Gasteiger partial charge in [0.25, 0.3) is 0 Å². The van der Waals surface area contributed by atoms with Gasteiger partial charge in [0.2, 0.25) is 0 Å². The Bertz CT molecular complexity index is 673. The van der Waals surface area contributed by atoms with E-state index in [9.17, 15) is 13.0 Å². The predicted octanol–water partition coefficient (Wildman–Crippen LogP) is 4.51. The van der Waals surface area contributed by atoms with Crippen LogP contribution >= 0.6 is 0 Å². The van der Waals surface area contributed by atoms with Crippen LogP contribution in [-0.2, 0) is 10.1 Å². The van der Waals surface area contributed by atoms with Gasteiger partial charge in [-0.1, -0.05) is 38.5 Å². The van der Waals surface area contributed by atoms with Crippen LogP contribution in [0.2, 0.25) is 0 Å². The Morgan fingerprint density at radius 2 is 1.38 bits per heavy atom. The topological polar surface area (TPSA) is 75.7 Å². The molecule has 0 spiro atoms. The molecule has 3 rings (SSSR count). The van der Waals surface area contributed by atoms with E-state index in [1.807, 2.05) is 0 Å². The van der Waals surface area contributed by atoms with Crippen LogP contribution in [-0.4, -0.2) is 26.2 Å². The van der Waals surface area contributed by atoms with E-state index in [4.69, 9.17) is 9.47 Å². The van der Waals surface area contributed by atoms with Crippen molar-refractivity contribution in [1.82, 2.24) is 0 Å². The van der Waals surface area contributed by atoms with Gasteiger partial charge in [-0.05, 0) is 49.7 Å². The summed E-state index contributed by atoms with van der Waals surface area (Å²) in [6.45, 7) is 1.08. The molecule has 2 aliphatic rings. The van der Waals surface area contributed by atoms with E-state index in [0.717, 1.165) is 12.8 Å². The van der Waals surface area contributed by atoms with Crippen molar-refractivity contribution in [2.45, 2.75) is 69.1 Å². The molecule has 6 heteroatoms. The molecule has 0 saturated heterocycles. The van der Waals surface area contributed by atoms with E-state index < -0.39 is 10.1 Å². The second-order valence-electron chi connectivity index (χ2n) is 7.69. The molecule has 1 aromatic carbocycles. The summed E-state index contributed by atoms with van der Waals surface area (Å²) in [6, 6.07) is 4.44. The molecule has 2 aliphatic carbocycles. The highest BCUT2D eigenvalue weighted by atomic mass is 32.2.